The van der Waals surface area contributed by atoms with Crippen LogP contribution in [-0.4, -0.2) is 51.1 Å². The standard InChI is InChI=1S/C25H22F3N7O3/c26-25(27,28)19-11-20(33-38-19)31-24(37)15-3-1-14(2-4-15)23-32-22(18-12-30-9-10-35(18,23)29)16-5-6-17-7-8-21(36)34(17)13-16/h1-4,9-12,16-17H,5-8,13,29H2/p+1/t16-,17+,35?/m1/s1. The van der Waals surface area contributed by atoms with Gasteiger partial charge in [0.25, 0.3) is 11.7 Å². The smallest absolute Gasteiger partial charge is 0.349 e. The van der Waals surface area contributed by atoms with Crippen molar-refractivity contribution >= 4 is 29.7 Å². The van der Waals surface area contributed by atoms with Crippen LogP contribution in [0.4, 0.5) is 19.0 Å². The maximum Gasteiger partial charge on any atom is 0.452 e. The number of nitrogens with one attached hydrogen (secondary N) is 1. The van der Waals surface area contributed by atoms with Gasteiger partial charge in [0.15, 0.2) is 5.82 Å². The van der Waals surface area contributed by atoms with Crippen LogP contribution in [0.25, 0.3) is 0 Å². The van der Waals surface area contributed by atoms with Crippen molar-refractivity contribution < 1.29 is 31.9 Å². The first-order chi connectivity index (χ1) is 18.1. The van der Waals surface area contributed by atoms with Gasteiger partial charge in [-0.1, -0.05) is 5.16 Å². The molecule has 0 radical (unpaired) electrons. The van der Waals surface area contributed by atoms with Crippen molar-refractivity contribution in [3.63, 3.8) is 0 Å². The van der Waals surface area contributed by atoms with E-state index in [0.29, 0.717) is 36.5 Å². The van der Waals surface area contributed by atoms with Gasteiger partial charge in [0.2, 0.25) is 17.4 Å². The summed E-state index contributed by atoms with van der Waals surface area (Å²) >= 11 is 0. The summed E-state index contributed by atoms with van der Waals surface area (Å²) in [5.74, 6) is 5.23. The van der Waals surface area contributed by atoms with Gasteiger partial charge in [0.1, 0.15) is 11.9 Å². The number of piperidine rings is 1. The van der Waals surface area contributed by atoms with Crippen LogP contribution in [0.15, 0.2) is 68.6 Å². The number of amidine groups is 1. The highest BCUT2D eigenvalue weighted by atomic mass is 19.4. The van der Waals surface area contributed by atoms with Crippen molar-refractivity contribution in [3.8, 4) is 0 Å². The molecule has 0 aliphatic carbocycles. The summed E-state index contributed by atoms with van der Waals surface area (Å²) < 4.78 is 42.2. The van der Waals surface area contributed by atoms with Crippen molar-refractivity contribution in [2.45, 2.75) is 37.9 Å². The Balaban J connectivity index is 1.24. The summed E-state index contributed by atoms with van der Waals surface area (Å²) in [6.45, 7) is 0.591. The van der Waals surface area contributed by atoms with Crippen molar-refractivity contribution in [2.75, 3.05) is 11.9 Å². The van der Waals surface area contributed by atoms with E-state index in [2.05, 4.69) is 20.0 Å². The van der Waals surface area contributed by atoms with Gasteiger partial charge in [0.05, 0.1) is 18.0 Å². The number of alkyl halides is 3. The predicted octanol–water partition coefficient (Wildman–Crippen LogP) is 3.56. The number of aliphatic imine (C=N–C) groups is 2. The molecule has 3 N–H and O–H groups in total. The van der Waals surface area contributed by atoms with E-state index < -0.39 is 17.8 Å². The molecule has 38 heavy (non-hydrogen) atoms. The second kappa shape index (κ2) is 8.74. The van der Waals surface area contributed by atoms with E-state index in [1.54, 1.807) is 30.7 Å². The summed E-state index contributed by atoms with van der Waals surface area (Å²) in [5, 5.41) is 5.54. The number of quaternary nitrogens is 1. The molecule has 10 nitrogen and oxygen atoms in total. The zero-order valence-corrected chi connectivity index (χ0v) is 20.0. The van der Waals surface area contributed by atoms with E-state index in [1.807, 2.05) is 4.90 Å². The number of amides is 2. The van der Waals surface area contributed by atoms with Crippen LogP contribution in [0.1, 0.15) is 47.4 Å². The molecule has 6 rings (SSSR count). The summed E-state index contributed by atoms with van der Waals surface area (Å²) in [4.78, 5) is 36.1. The highest BCUT2D eigenvalue weighted by Gasteiger charge is 2.48. The highest BCUT2D eigenvalue weighted by Crippen LogP contribution is 2.40. The second-order valence-corrected chi connectivity index (χ2v) is 9.68. The Labute approximate surface area is 214 Å². The molecule has 2 aromatic rings. The molecule has 0 bridgehead atoms. The molecule has 2 fully saturated rings. The Morgan fingerprint density at radius 2 is 1.97 bits per heavy atom. The molecule has 4 aliphatic heterocycles. The van der Waals surface area contributed by atoms with Gasteiger partial charge < -0.3 is 14.7 Å². The van der Waals surface area contributed by atoms with Gasteiger partial charge in [-0.15, -0.1) is 4.59 Å². The van der Waals surface area contributed by atoms with E-state index in [0.717, 1.165) is 30.7 Å². The van der Waals surface area contributed by atoms with Gasteiger partial charge in [0, 0.05) is 36.6 Å². The molecule has 2 saturated heterocycles. The monoisotopic (exact) mass is 526 g/mol. The fourth-order valence-corrected chi connectivity index (χ4v) is 5.42. The molecule has 2 amide bonds. The van der Waals surface area contributed by atoms with Crippen LogP contribution in [0.3, 0.4) is 0 Å². The molecular weight excluding hydrogens is 503 g/mol. The lowest BCUT2D eigenvalue weighted by molar-refractivity contribution is -0.750. The first-order valence-corrected chi connectivity index (χ1v) is 12.1. The molecule has 1 aromatic heterocycles. The molecule has 196 valence electrons. The maximum atomic E-state index is 12.7. The van der Waals surface area contributed by atoms with Crippen LogP contribution in [0.2, 0.25) is 0 Å². The third-order valence-corrected chi connectivity index (χ3v) is 7.36. The SMILES string of the molecule is N[N+]12C=CN=CC1=C([C@@H]1CC[C@H]3CCC(=O)N3C1)N=C2c1ccc(C(=O)Nc2cc(C(F)(F)F)on2)cc1. The second-order valence-electron chi connectivity index (χ2n) is 9.68. The van der Waals surface area contributed by atoms with Gasteiger partial charge in [-0.2, -0.15) is 24.0 Å². The Kier molecular flexibility index (Phi) is 5.58. The topological polar surface area (TPSA) is 126 Å². The normalized spacial score (nSPS) is 26.5. The van der Waals surface area contributed by atoms with E-state index in [-0.39, 0.29) is 27.8 Å². The van der Waals surface area contributed by atoms with Crippen LogP contribution >= 0.6 is 0 Å². The van der Waals surface area contributed by atoms with Crippen LogP contribution in [0.5, 0.6) is 0 Å². The maximum absolute atomic E-state index is 12.7. The molecule has 0 spiro atoms. The molecule has 0 saturated carbocycles. The number of halogens is 3. The third-order valence-electron chi connectivity index (χ3n) is 7.36. The first-order valence-electron chi connectivity index (χ1n) is 12.1. The van der Waals surface area contributed by atoms with Crippen molar-refractivity contribution in [2.24, 2.45) is 21.7 Å². The number of nitrogens with two attached hydrogens (primary N) is 1. The van der Waals surface area contributed by atoms with Gasteiger partial charge in [-0.25, -0.2) is 0 Å². The fraction of sp³-hybridized carbons (Fsp3) is 0.320. The predicted molar refractivity (Wildman–Crippen MR) is 129 cm³/mol. The quantitative estimate of drug-likeness (QED) is 0.465. The molecule has 4 aliphatic rings. The van der Waals surface area contributed by atoms with E-state index in [9.17, 15) is 22.8 Å². The number of aromatic nitrogens is 1. The minimum absolute atomic E-state index is 0.0221. The molecule has 3 atom stereocenters. The third kappa shape index (κ3) is 4.03. The molecule has 5 heterocycles. The Hall–Kier alpha value is -4.10. The minimum Gasteiger partial charge on any atom is -0.349 e. The average Bonchev–Trinajstić information content (AvgIpc) is 3.59. The van der Waals surface area contributed by atoms with Crippen molar-refractivity contribution in [3.05, 3.63) is 71.0 Å². The largest absolute Gasteiger partial charge is 0.452 e. The van der Waals surface area contributed by atoms with Crippen LogP contribution in [0, 0.1) is 5.92 Å². The number of nitrogens with zero attached hydrogens (tertiary/aromatic N) is 5. The Morgan fingerprint density at radius 1 is 1.18 bits per heavy atom. The molecule has 13 heteroatoms. The number of benzene rings is 1. The Bertz CT molecular complexity index is 1440. The first kappa shape index (κ1) is 24.2. The molecule has 1 unspecified atom stereocenters. The Morgan fingerprint density at radius 3 is 2.71 bits per heavy atom. The molecular formula is C25H23F3N7O3+. The number of hydrogen-bond donors (Lipinski definition) is 2. The van der Waals surface area contributed by atoms with Gasteiger partial charge in [-0.3, -0.25) is 14.6 Å². The number of fused-ring (bicyclic) bond motifs is 2. The average molecular weight is 526 g/mol. The van der Waals surface area contributed by atoms with Crippen LogP contribution in [-0.2, 0) is 11.0 Å². The lowest BCUT2D eigenvalue weighted by Crippen LogP contribution is -2.53. The lowest BCUT2D eigenvalue weighted by Gasteiger charge is -2.35. The van der Waals surface area contributed by atoms with E-state index in [4.69, 9.17) is 10.8 Å². The number of rotatable bonds is 4. The van der Waals surface area contributed by atoms with E-state index >= 15 is 0 Å². The highest BCUT2D eigenvalue weighted by molar-refractivity contribution is 6.05. The zero-order chi connectivity index (χ0) is 26.7. The molecule has 1 aromatic carbocycles. The number of allylic oxidation sites excluding steroid dienone is 1. The van der Waals surface area contributed by atoms with Crippen molar-refractivity contribution in [1.82, 2.24) is 10.1 Å². The number of carbonyl (C=O) groups is 2. The van der Waals surface area contributed by atoms with Gasteiger partial charge in [-0.05, 0) is 43.5 Å². The number of hydrogen-bond acceptors (Lipinski definition) is 7. The fourth-order valence-electron chi connectivity index (χ4n) is 5.42. The lowest BCUT2D eigenvalue weighted by atomic mass is 9.90. The van der Waals surface area contributed by atoms with Crippen LogP contribution < -0.4 is 11.2 Å². The summed E-state index contributed by atoms with van der Waals surface area (Å²) in [5.41, 5.74) is 2.37. The number of anilines is 1. The van der Waals surface area contributed by atoms with E-state index in [1.165, 1.54) is 12.1 Å². The number of carbonyl (C=O) groups excluding carboxylic acids is 2. The van der Waals surface area contributed by atoms with Crippen molar-refractivity contribution in [1.29, 1.82) is 0 Å². The zero-order valence-electron chi connectivity index (χ0n) is 20.0. The minimum atomic E-state index is -4.70. The summed E-state index contributed by atoms with van der Waals surface area (Å²) in [6, 6.07) is 7.30. The summed E-state index contributed by atoms with van der Waals surface area (Å²) in [6.07, 6.45) is 3.58. The van der Waals surface area contributed by atoms with Gasteiger partial charge >= 0.3 is 6.18 Å². The summed E-state index contributed by atoms with van der Waals surface area (Å²) in [7, 11) is 0.